The Kier molecular flexibility index (Phi) is 8.29. The molecule has 10 heteroatoms. The first-order valence-electron chi connectivity index (χ1n) is 10.00. The van der Waals surface area contributed by atoms with E-state index >= 15 is 0 Å². The number of aromatic nitrogens is 1. The molecule has 1 amide bonds. The minimum atomic E-state index is -0.445. The van der Waals surface area contributed by atoms with Crippen LogP contribution in [0.4, 0.5) is 10.8 Å². The van der Waals surface area contributed by atoms with Crippen LogP contribution < -0.4 is 4.90 Å². The van der Waals surface area contributed by atoms with E-state index in [2.05, 4.69) is 9.88 Å². The zero-order chi connectivity index (χ0) is 21.6. The second-order valence-corrected chi connectivity index (χ2v) is 8.10. The third-order valence-electron chi connectivity index (χ3n) is 5.05. The largest absolute Gasteiger partial charge is 0.379 e. The van der Waals surface area contributed by atoms with Crippen LogP contribution in [0.15, 0.2) is 54.6 Å². The predicted octanol–water partition coefficient (Wildman–Crippen LogP) is 4.00. The number of carbonyl (C=O) groups excluding carboxylic acids is 1. The SMILES string of the molecule is Cl.O=C(C=Cc1ccc([N+](=O)[O-])cc1)N(CCN1CCOCC1)c1nc2ccccc2s1. The standard InChI is InChI=1S/C22H22N4O4S.ClH/c27-21(10-7-17-5-8-18(9-6-17)26(28)29)25(12-11-24-13-15-30-16-14-24)22-23-19-3-1-2-4-20(19)31-22;/h1-10H,11-16H2;1H. The molecule has 0 saturated carbocycles. The van der Waals surface area contributed by atoms with Gasteiger partial charge in [0.2, 0.25) is 0 Å². The molecule has 1 aliphatic rings. The zero-order valence-electron chi connectivity index (χ0n) is 17.3. The number of fused-ring (bicyclic) bond motifs is 1. The molecule has 2 aromatic carbocycles. The van der Waals surface area contributed by atoms with Crippen molar-refractivity contribution >= 4 is 56.8 Å². The van der Waals surface area contributed by atoms with Crippen LogP contribution in [0, 0.1) is 10.1 Å². The molecule has 168 valence electrons. The van der Waals surface area contributed by atoms with Crippen LogP contribution in [0.2, 0.25) is 0 Å². The van der Waals surface area contributed by atoms with Gasteiger partial charge in [-0.2, -0.15) is 0 Å². The Bertz CT molecular complexity index is 1060. The van der Waals surface area contributed by atoms with Crippen LogP contribution >= 0.6 is 23.7 Å². The number of ether oxygens (including phenoxy) is 1. The van der Waals surface area contributed by atoms with Crippen molar-refractivity contribution in [1.29, 1.82) is 0 Å². The number of benzene rings is 2. The fourth-order valence-electron chi connectivity index (χ4n) is 3.31. The summed E-state index contributed by atoms with van der Waals surface area (Å²) in [6, 6.07) is 13.9. The molecule has 0 atom stereocenters. The van der Waals surface area contributed by atoms with Gasteiger partial charge < -0.3 is 4.74 Å². The third-order valence-corrected chi connectivity index (χ3v) is 6.10. The zero-order valence-corrected chi connectivity index (χ0v) is 18.9. The average Bonchev–Trinajstić information content (AvgIpc) is 3.22. The summed E-state index contributed by atoms with van der Waals surface area (Å²) in [5, 5.41) is 11.5. The molecule has 2 heterocycles. The molecular weight excluding hydrogens is 452 g/mol. The van der Waals surface area contributed by atoms with Gasteiger partial charge in [-0.05, 0) is 35.9 Å². The average molecular weight is 475 g/mol. The Morgan fingerprint density at radius 3 is 2.59 bits per heavy atom. The molecule has 0 bridgehead atoms. The molecule has 8 nitrogen and oxygen atoms in total. The summed E-state index contributed by atoms with van der Waals surface area (Å²) in [6.45, 7) is 4.35. The van der Waals surface area contributed by atoms with Crippen LogP contribution in [0.25, 0.3) is 16.3 Å². The summed E-state index contributed by atoms with van der Waals surface area (Å²) in [5.74, 6) is -0.175. The lowest BCUT2D eigenvalue weighted by atomic mass is 10.2. The predicted molar refractivity (Wildman–Crippen MR) is 129 cm³/mol. The van der Waals surface area contributed by atoms with Crippen molar-refractivity contribution in [1.82, 2.24) is 9.88 Å². The van der Waals surface area contributed by atoms with Gasteiger partial charge in [0.15, 0.2) is 5.13 Å². The number of morpholine rings is 1. The first-order chi connectivity index (χ1) is 15.1. The highest BCUT2D eigenvalue weighted by Gasteiger charge is 2.20. The molecule has 0 radical (unpaired) electrons. The maximum atomic E-state index is 13.1. The molecule has 3 aromatic rings. The molecule has 0 spiro atoms. The van der Waals surface area contributed by atoms with Crippen LogP contribution in [0.3, 0.4) is 0 Å². The number of hydrogen-bond acceptors (Lipinski definition) is 7. The number of rotatable bonds is 7. The van der Waals surface area contributed by atoms with Gasteiger partial charge in [0.25, 0.3) is 11.6 Å². The van der Waals surface area contributed by atoms with Gasteiger partial charge in [-0.25, -0.2) is 4.98 Å². The molecular formula is C22H23ClN4O4S. The number of carbonyl (C=O) groups is 1. The summed E-state index contributed by atoms with van der Waals surface area (Å²) in [5.41, 5.74) is 1.60. The van der Waals surface area contributed by atoms with Crippen molar-refractivity contribution in [2.24, 2.45) is 0 Å². The summed E-state index contributed by atoms with van der Waals surface area (Å²) in [4.78, 5) is 32.1. The van der Waals surface area contributed by atoms with Crippen LogP contribution in [0.1, 0.15) is 5.56 Å². The highest BCUT2D eigenvalue weighted by atomic mass is 35.5. The molecule has 32 heavy (non-hydrogen) atoms. The molecule has 0 N–H and O–H groups in total. The van der Waals surface area contributed by atoms with E-state index in [1.807, 2.05) is 24.3 Å². The second-order valence-electron chi connectivity index (χ2n) is 7.09. The highest BCUT2D eigenvalue weighted by Crippen LogP contribution is 2.29. The number of halogens is 1. The van der Waals surface area contributed by atoms with Gasteiger partial charge in [-0.1, -0.05) is 23.5 Å². The molecule has 0 unspecified atom stereocenters. The second kappa shape index (κ2) is 11.1. The van der Waals surface area contributed by atoms with E-state index in [9.17, 15) is 14.9 Å². The van der Waals surface area contributed by atoms with Gasteiger partial charge in [0.05, 0.1) is 28.4 Å². The van der Waals surface area contributed by atoms with Crippen molar-refractivity contribution in [2.75, 3.05) is 44.3 Å². The number of amides is 1. The summed E-state index contributed by atoms with van der Waals surface area (Å²) in [6.07, 6.45) is 3.16. The number of anilines is 1. The van der Waals surface area contributed by atoms with Crippen LogP contribution in [-0.2, 0) is 9.53 Å². The molecule has 1 aliphatic heterocycles. The Morgan fingerprint density at radius 1 is 1.19 bits per heavy atom. The number of hydrogen-bond donors (Lipinski definition) is 0. The van der Waals surface area contributed by atoms with Crippen molar-refractivity contribution in [3.8, 4) is 0 Å². The number of nitrogens with zero attached hydrogens (tertiary/aromatic N) is 4. The Labute approximate surface area is 195 Å². The van der Waals surface area contributed by atoms with E-state index in [-0.39, 0.29) is 24.0 Å². The number of nitro benzene ring substituents is 1. The number of para-hydroxylation sites is 1. The summed E-state index contributed by atoms with van der Waals surface area (Å²) < 4.78 is 6.43. The molecule has 1 saturated heterocycles. The van der Waals surface area contributed by atoms with Gasteiger partial charge in [0.1, 0.15) is 0 Å². The lowest BCUT2D eigenvalue weighted by Gasteiger charge is -2.28. The maximum absolute atomic E-state index is 13.1. The third kappa shape index (κ3) is 5.89. The van der Waals surface area contributed by atoms with Crippen molar-refractivity contribution < 1.29 is 14.5 Å². The van der Waals surface area contributed by atoms with E-state index in [4.69, 9.17) is 4.74 Å². The molecule has 4 rings (SSSR count). The van der Waals surface area contributed by atoms with Gasteiger partial charge in [0, 0.05) is 44.4 Å². The molecule has 0 aliphatic carbocycles. The smallest absolute Gasteiger partial charge is 0.269 e. The van der Waals surface area contributed by atoms with E-state index in [1.165, 1.54) is 29.5 Å². The van der Waals surface area contributed by atoms with Gasteiger partial charge >= 0.3 is 0 Å². The molecule has 1 fully saturated rings. The first-order valence-corrected chi connectivity index (χ1v) is 10.8. The van der Waals surface area contributed by atoms with Crippen molar-refractivity contribution in [3.05, 3.63) is 70.3 Å². The number of non-ortho nitro benzene ring substituents is 1. The van der Waals surface area contributed by atoms with E-state index in [0.29, 0.717) is 24.9 Å². The highest BCUT2D eigenvalue weighted by molar-refractivity contribution is 7.22. The fraction of sp³-hybridized carbons (Fsp3) is 0.273. The molecule has 1 aromatic heterocycles. The van der Waals surface area contributed by atoms with Crippen molar-refractivity contribution in [3.63, 3.8) is 0 Å². The first kappa shape index (κ1) is 23.8. The minimum absolute atomic E-state index is 0. The Morgan fingerprint density at radius 2 is 1.91 bits per heavy atom. The number of nitro groups is 1. The lowest BCUT2D eigenvalue weighted by molar-refractivity contribution is -0.384. The summed E-state index contributed by atoms with van der Waals surface area (Å²) in [7, 11) is 0. The normalized spacial score (nSPS) is 14.4. The summed E-state index contributed by atoms with van der Waals surface area (Å²) >= 11 is 1.49. The van der Waals surface area contributed by atoms with E-state index in [1.54, 1.807) is 23.1 Å². The van der Waals surface area contributed by atoms with Crippen molar-refractivity contribution in [2.45, 2.75) is 0 Å². The van der Waals surface area contributed by atoms with E-state index < -0.39 is 4.92 Å². The number of thiazole rings is 1. The minimum Gasteiger partial charge on any atom is -0.379 e. The Hall–Kier alpha value is -2.85. The van der Waals surface area contributed by atoms with Gasteiger partial charge in [-0.15, -0.1) is 12.4 Å². The Balaban J connectivity index is 0.00000289. The quantitative estimate of drug-likeness (QED) is 0.292. The maximum Gasteiger partial charge on any atom is 0.269 e. The lowest BCUT2D eigenvalue weighted by Crippen LogP contribution is -2.42. The topological polar surface area (TPSA) is 88.8 Å². The van der Waals surface area contributed by atoms with E-state index in [0.717, 1.165) is 35.4 Å². The van der Waals surface area contributed by atoms with Crippen LogP contribution in [0.5, 0.6) is 0 Å². The van der Waals surface area contributed by atoms with Crippen LogP contribution in [-0.4, -0.2) is 60.1 Å². The monoisotopic (exact) mass is 474 g/mol. The van der Waals surface area contributed by atoms with Gasteiger partial charge in [-0.3, -0.25) is 24.7 Å². The fourth-order valence-corrected chi connectivity index (χ4v) is 4.30.